The Hall–Kier alpha value is -3.06. The van der Waals surface area contributed by atoms with Crippen molar-refractivity contribution >= 4 is 23.6 Å². The van der Waals surface area contributed by atoms with E-state index in [0.717, 1.165) is 16.9 Å². The van der Waals surface area contributed by atoms with Gasteiger partial charge in [-0.3, -0.25) is 4.79 Å². The highest BCUT2D eigenvalue weighted by atomic mass is 16.5. The van der Waals surface area contributed by atoms with Crippen LogP contribution in [0.2, 0.25) is 0 Å². The molecule has 2 aromatic carbocycles. The molecule has 0 radical (unpaired) electrons. The number of para-hydroxylation sites is 1. The molecule has 0 atom stereocenters. The van der Waals surface area contributed by atoms with Gasteiger partial charge in [0.1, 0.15) is 12.1 Å². The van der Waals surface area contributed by atoms with Gasteiger partial charge in [-0.2, -0.15) is 5.10 Å². The van der Waals surface area contributed by atoms with Crippen LogP contribution < -0.4 is 26.1 Å². The molecule has 7 nitrogen and oxygen atoms in total. The molecule has 0 unspecified atom stereocenters. The van der Waals surface area contributed by atoms with Crippen molar-refractivity contribution in [2.45, 2.75) is 6.92 Å². The average molecular weight is 311 g/mol. The number of nitrogens with one attached hydrogen (secondary N) is 3. The van der Waals surface area contributed by atoms with Crippen LogP contribution in [0.3, 0.4) is 0 Å². The summed E-state index contributed by atoms with van der Waals surface area (Å²) in [5.74, 6) is 0.400. The zero-order valence-corrected chi connectivity index (χ0v) is 12.6. The van der Waals surface area contributed by atoms with E-state index in [2.05, 4.69) is 21.5 Å². The maximum atomic E-state index is 12.0. The molecule has 2 aromatic rings. The molecule has 1 aliphatic heterocycles. The number of amides is 1. The number of rotatable bonds is 5. The Labute approximate surface area is 133 Å². The quantitative estimate of drug-likeness (QED) is 0.784. The number of carbonyl (C=O) groups excluding carboxylic acids is 1. The first-order valence-electron chi connectivity index (χ1n) is 7.14. The van der Waals surface area contributed by atoms with Crippen LogP contribution in [0, 0.1) is 6.92 Å². The molecule has 1 aliphatic rings. The predicted molar refractivity (Wildman–Crippen MR) is 89.0 cm³/mol. The lowest BCUT2D eigenvalue weighted by Gasteiger charge is -2.15. The molecule has 0 fully saturated rings. The lowest BCUT2D eigenvalue weighted by atomic mass is 10.2. The maximum absolute atomic E-state index is 12.0. The third kappa shape index (κ3) is 3.78. The van der Waals surface area contributed by atoms with Gasteiger partial charge < -0.3 is 10.1 Å². The van der Waals surface area contributed by atoms with Crippen LogP contribution in [0.1, 0.15) is 5.56 Å². The van der Waals surface area contributed by atoms with E-state index in [9.17, 15) is 4.79 Å². The highest BCUT2D eigenvalue weighted by Crippen LogP contribution is 2.20. The molecule has 3 rings (SSSR count). The number of anilines is 2. The molecule has 0 aliphatic carbocycles. The van der Waals surface area contributed by atoms with Gasteiger partial charge >= 0.3 is 0 Å². The van der Waals surface area contributed by atoms with Crippen molar-refractivity contribution in [3.8, 4) is 5.75 Å². The fraction of sp³-hybridized carbons (Fsp3) is 0.125. The summed E-state index contributed by atoms with van der Waals surface area (Å²) in [6.07, 6.45) is 1.60. The third-order valence-electron chi connectivity index (χ3n) is 3.29. The molecule has 7 heteroatoms. The minimum atomic E-state index is -0.202. The summed E-state index contributed by atoms with van der Waals surface area (Å²) in [6, 6.07) is 15.0. The van der Waals surface area contributed by atoms with E-state index in [-0.39, 0.29) is 12.5 Å². The highest BCUT2D eigenvalue weighted by molar-refractivity contribution is 5.92. The van der Waals surface area contributed by atoms with Crippen LogP contribution in [0.5, 0.6) is 5.75 Å². The van der Waals surface area contributed by atoms with Crippen molar-refractivity contribution < 1.29 is 9.53 Å². The molecular formula is C16H17N5O2. The number of nitrogens with zero attached hydrogens (tertiary/aromatic N) is 2. The predicted octanol–water partition coefficient (Wildman–Crippen LogP) is 1.79. The van der Waals surface area contributed by atoms with E-state index < -0.39 is 0 Å². The molecule has 3 N–H and O–H groups in total. The Kier molecular flexibility index (Phi) is 4.39. The summed E-state index contributed by atoms with van der Waals surface area (Å²) in [4.78, 5) is 12.0. The molecule has 0 spiro atoms. The maximum Gasteiger partial charge on any atom is 0.262 e. The number of ether oxygens (including phenoxy) is 1. The molecule has 0 saturated heterocycles. The largest absolute Gasteiger partial charge is 0.484 e. The molecule has 1 amide bonds. The smallest absolute Gasteiger partial charge is 0.262 e. The SMILES string of the molecule is Cc1ccccc1NC(=O)COc1cccc(N2C=NNN2)c1. The van der Waals surface area contributed by atoms with E-state index in [1.54, 1.807) is 17.4 Å². The minimum Gasteiger partial charge on any atom is -0.484 e. The molecule has 0 aromatic heterocycles. The van der Waals surface area contributed by atoms with Crippen molar-refractivity contribution in [1.82, 2.24) is 11.1 Å². The van der Waals surface area contributed by atoms with Crippen LogP contribution >= 0.6 is 0 Å². The van der Waals surface area contributed by atoms with Crippen LogP contribution in [0.15, 0.2) is 53.6 Å². The third-order valence-corrected chi connectivity index (χ3v) is 3.29. The van der Waals surface area contributed by atoms with E-state index in [4.69, 9.17) is 4.74 Å². The van der Waals surface area contributed by atoms with Gasteiger partial charge in [-0.05, 0) is 30.7 Å². The van der Waals surface area contributed by atoms with Gasteiger partial charge in [0.15, 0.2) is 6.61 Å². The zero-order valence-electron chi connectivity index (χ0n) is 12.6. The van der Waals surface area contributed by atoms with Crippen molar-refractivity contribution in [3.05, 3.63) is 54.1 Å². The summed E-state index contributed by atoms with van der Waals surface area (Å²) in [7, 11) is 0. The number of hydrogen-bond donors (Lipinski definition) is 3. The van der Waals surface area contributed by atoms with Gasteiger partial charge in [-0.15, -0.1) is 5.53 Å². The first-order valence-corrected chi connectivity index (χ1v) is 7.14. The summed E-state index contributed by atoms with van der Waals surface area (Å²) >= 11 is 0. The second kappa shape index (κ2) is 6.80. The highest BCUT2D eigenvalue weighted by Gasteiger charge is 2.09. The van der Waals surface area contributed by atoms with E-state index in [1.165, 1.54) is 0 Å². The second-order valence-corrected chi connectivity index (χ2v) is 4.99. The monoisotopic (exact) mass is 311 g/mol. The minimum absolute atomic E-state index is 0.0580. The standard InChI is InChI=1S/C16H17N5O2/c1-12-5-2-3-8-15(12)18-16(22)10-23-14-7-4-6-13(9-14)21-11-17-19-20-21/h2-9,11,19-20H,10H2,1H3,(H,18,22). The number of benzene rings is 2. The Morgan fingerprint density at radius 3 is 2.91 bits per heavy atom. The first kappa shape index (κ1) is 14.9. The molecule has 1 heterocycles. The topological polar surface area (TPSA) is 78.0 Å². The Morgan fingerprint density at radius 1 is 1.26 bits per heavy atom. The Bertz CT molecular complexity index is 732. The summed E-state index contributed by atoms with van der Waals surface area (Å²) in [6.45, 7) is 1.89. The molecule has 0 saturated carbocycles. The van der Waals surface area contributed by atoms with E-state index in [1.807, 2.05) is 49.4 Å². The molecule has 0 bridgehead atoms. The van der Waals surface area contributed by atoms with E-state index in [0.29, 0.717) is 5.75 Å². The fourth-order valence-electron chi connectivity index (χ4n) is 2.10. The van der Waals surface area contributed by atoms with Crippen molar-refractivity contribution in [2.75, 3.05) is 16.9 Å². The number of hydrazone groups is 1. The summed E-state index contributed by atoms with van der Waals surface area (Å²) in [5, 5.41) is 8.36. The normalized spacial score (nSPS) is 12.8. The van der Waals surface area contributed by atoms with Crippen molar-refractivity contribution in [3.63, 3.8) is 0 Å². The summed E-state index contributed by atoms with van der Waals surface area (Å²) in [5.41, 5.74) is 8.09. The van der Waals surface area contributed by atoms with Crippen LogP contribution in [-0.4, -0.2) is 18.9 Å². The van der Waals surface area contributed by atoms with Gasteiger partial charge in [0.25, 0.3) is 5.91 Å². The van der Waals surface area contributed by atoms with Crippen molar-refractivity contribution in [2.24, 2.45) is 5.10 Å². The lowest BCUT2D eigenvalue weighted by Crippen LogP contribution is -2.37. The summed E-state index contributed by atoms with van der Waals surface area (Å²) < 4.78 is 5.55. The number of carbonyl (C=O) groups is 1. The van der Waals surface area contributed by atoms with E-state index >= 15 is 0 Å². The van der Waals surface area contributed by atoms with Gasteiger partial charge in [0, 0.05) is 11.8 Å². The zero-order chi connectivity index (χ0) is 16.1. The Morgan fingerprint density at radius 2 is 2.13 bits per heavy atom. The van der Waals surface area contributed by atoms with Crippen molar-refractivity contribution in [1.29, 1.82) is 0 Å². The number of hydrogen-bond acceptors (Lipinski definition) is 6. The first-order chi connectivity index (χ1) is 11.2. The Balaban J connectivity index is 1.57. The van der Waals surface area contributed by atoms with Gasteiger partial charge in [0.2, 0.25) is 0 Å². The van der Waals surface area contributed by atoms with Crippen LogP contribution in [0.4, 0.5) is 11.4 Å². The average Bonchev–Trinajstić information content (AvgIpc) is 3.10. The molecule has 118 valence electrons. The molecular weight excluding hydrogens is 294 g/mol. The van der Waals surface area contributed by atoms with Crippen LogP contribution in [0.25, 0.3) is 0 Å². The number of aryl methyl sites for hydroxylation is 1. The molecule has 23 heavy (non-hydrogen) atoms. The lowest BCUT2D eigenvalue weighted by molar-refractivity contribution is -0.118. The number of hydrazine groups is 2. The second-order valence-electron chi connectivity index (χ2n) is 4.99. The van der Waals surface area contributed by atoms with Gasteiger partial charge in [-0.25, -0.2) is 10.5 Å². The van der Waals surface area contributed by atoms with Gasteiger partial charge in [0.05, 0.1) is 5.69 Å². The fourth-order valence-corrected chi connectivity index (χ4v) is 2.10. The van der Waals surface area contributed by atoms with Crippen LogP contribution in [-0.2, 0) is 4.79 Å². The van der Waals surface area contributed by atoms with Gasteiger partial charge in [-0.1, -0.05) is 24.3 Å².